The maximum Gasteiger partial charge on any atom is 0.311 e. The Morgan fingerprint density at radius 1 is 1.53 bits per heavy atom. The summed E-state index contributed by atoms with van der Waals surface area (Å²) in [7, 11) is 2.49. The highest BCUT2D eigenvalue weighted by atomic mass is 79.9. The van der Waals surface area contributed by atoms with Gasteiger partial charge in [-0.25, -0.2) is 13.8 Å². The van der Waals surface area contributed by atoms with E-state index in [2.05, 4.69) is 25.7 Å². The maximum absolute atomic E-state index is 12.7. The van der Waals surface area contributed by atoms with Crippen molar-refractivity contribution in [2.75, 3.05) is 14.2 Å². The van der Waals surface area contributed by atoms with Gasteiger partial charge < -0.3 is 9.47 Å². The zero-order valence-corrected chi connectivity index (χ0v) is 10.8. The number of rotatable bonds is 4. The Kier molecular flexibility index (Phi) is 4.80. The van der Waals surface area contributed by atoms with E-state index in [4.69, 9.17) is 4.74 Å². The summed E-state index contributed by atoms with van der Waals surface area (Å²) >= 11 is 3.02. The fourth-order valence-corrected chi connectivity index (χ4v) is 1.87. The van der Waals surface area contributed by atoms with E-state index in [1.165, 1.54) is 14.2 Å². The first kappa shape index (κ1) is 13.8. The number of pyridine rings is 1. The molecule has 0 spiro atoms. The predicted molar refractivity (Wildman–Crippen MR) is 59.2 cm³/mol. The molecule has 0 N–H and O–H groups in total. The van der Waals surface area contributed by atoms with Gasteiger partial charge >= 0.3 is 5.97 Å². The summed E-state index contributed by atoms with van der Waals surface area (Å²) in [5.74, 6) is -0.580. The minimum Gasteiger partial charge on any atom is -0.493 e. The summed E-state index contributed by atoms with van der Waals surface area (Å²) in [6.45, 7) is 0. The molecule has 1 aromatic rings. The van der Waals surface area contributed by atoms with Gasteiger partial charge in [0.15, 0.2) is 5.75 Å². The quantitative estimate of drug-likeness (QED) is 0.633. The van der Waals surface area contributed by atoms with Crippen LogP contribution in [0.3, 0.4) is 0 Å². The van der Waals surface area contributed by atoms with Gasteiger partial charge in [-0.2, -0.15) is 0 Å². The van der Waals surface area contributed by atoms with E-state index < -0.39 is 12.4 Å². The largest absolute Gasteiger partial charge is 0.493 e. The molecule has 0 bridgehead atoms. The van der Waals surface area contributed by atoms with Crippen molar-refractivity contribution in [2.45, 2.75) is 12.8 Å². The number of carbonyl (C=O) groups excluding carboxylic acids is 1. The second-order valence-corrected chi connectivity index (χ2v) is 3.83. The molecule has 94 valence electrons. The lowest BCUT2D eigenvalue weighted by atomic mass is 10.2. The molecule has 0 aliphatic rings. The van der Waals surface area contributed by atoms with Crippen LogP contribution < -0.4 is 4.74 Å². The highest BCUT2D eigenvalue weighted by Gasteiger charge is 2.20. The second-order valence-electron chi connectivity index (χ2n) is 3.08. The third kappa shape index (κ3) is 3.36. The highest BCUT2D eigenvalue weighted by molar-refractivity contribution is 9.10. The van der Waals surface area contributed by atoms with Gasteiger partial charge in [-0.1, -0.05) is 0 Å². The molecule has 0 saturated heterocycles. The molecule has 0 amide bonds. The van der Waals surface area contributed by atoms with Crippen LogP contribution in [0, 0.1) is 0 Å². The zero-order valence-electron chi connectivity index (χ0n) is 9.17. The molecular formula is C10H10BrF2NO3. The van der Waals surface area contributed by atoms with Crippen molar-refractivity contribution >= 4 is 21.9 Å². The van der Waals surface area contributed by atoms with E-state index in [1.54, 1.807) is 0 Å². The van der Waals surface area contributed by atoms with Crippen LogP contribution >= 0.6 is 15.9 Å². The minimum atomic E-state index is -2.71. The van der Waals surface area contributed by atoms with Crippen molar-refractivity contribution in [1.29, 1.82) is 0 Å². The Morgan fingerprint density at radius 2 is 2.18 bits per heavy atom. The van der Waals surface area contributed by atoms with Gasteiger partial charge in [0, 0.05) is 0 Å². The van der Waals surface area contributed by atoms with E-state index in [9.17, 15) is 13.6 Å². The van der Waals surface area contributed by atoms with Crippen LogP contribution in [-0.2, 0) is 16.0 Å². The predicted octanol–water partition coefficient (Wildman–Crippen LogP) is 2.51. The molecule has 0 atom stereocenters. The SMILES string of the molecule is COC(=O)Cc1cc(C(F)F)c(OC)c(Br)n1. The van der Waals surface area contributed by atoms with Gasteiger partial charge in [-0.3, -0.25) is 4.79 Å². The Hall–Kier alpha value is -1.24. The molecule has 17 heavy (non-hydrogen) atoms. The topological polar surface area (TPSA) is 48.4 Å². The fourth-order valence-electron chi connectivity index (χ4n) is 1.25. The number of hydrogen-bond acceptors (Lipinski definition) is 4. The van der Waals surface area contributed by atoms with E-state index in [0.29, 0.717) is 0 Å². The molecule has 0 unspecified atom stereocenters. The summed E-state index contributed by atoms with van der Waals surface area (Å²) in [6, 6.07) is 1.13. The maximum atomic E-state index is 12.7. The first-order chi connectivity index (χ1) is 7.99. The van der Waals surface area contributed by atoms with Crippen molar-refractivity contribution in [1.82, 2.24) is 4.98 Å². The van der Waals surface area contributed by atoms with Crippen LogP contribution in [-0.4, -0.2) is 25.2 Å². The average Bonchev–Trinajstić information content (AvgIpc) is 2.28. The number of carbonyl (C=O) groups is 1. The summed E-state index contributed by atoms with van der Waals surface area (Å²) in [4.78, 5) is 15.0. The first-order valence-electron chi connectivity index (χ1n) is 4.57. The normalized spacial score (nSPS) is 10.5. The van der Waals surface area contributed by atoms with Crippen LogP contribution in [0.25, 0.3) is 0 Å². The smallest absolute Gasteiger partial charge is 0.311 e. The Morgan fingerprint density at radius 3 is 2.65 bits per heavy atom. The van der Waals surface area contributed by atoms with Gasteiger partial charge in [0.25, 0.3) is 6.43 Å². The molecule has 0 aromatic carbocycles. The summed E-state index contributed by atoms with van der Waals surface area (Å²) in [5, 5.41) is 0. The number of aromatic nitrogens is 1. The number of methoxy groups -OCH3 is 2. The second kappa shape index (κ2) is 5.90. The lowest BCUT2D eigenvalue weighted by molar-refractivity contribution is -0.139. The third-order valence-corrected chi connectivity index (χ3v) is 2.54. The number of alkyl halides is 2. The molecule has 1 heterocycles. The van der Waals surface area contributed by atoms with Crippen LogP contribution in [0.1, 0.15) is 17.7 Å². The number of halogens is 3. The molecule has 4 nitrogen and oxygen atoms in total. The van der Waals surface area contributed by atoms with E-state index in [1.807, 2.05) is 0 Å². The first-order valence-corrected chi connectivity index (χ1v) is 5.37. The molecule has 0 saturated carbocycles. The van der Waals surface area contributed by atoms with Crippen LogP contribution in [0.15, 0.2) is 10.7 Å². The van der Waals surface area contributed by atoms with Crippen molar-refractivity contribution in [2.24, 2.45) is 0 Å². The average molecular weight is 310 g/mol. The summed E-state index contributed by atoms with van der Waals surface area (Å²) in [6.07, 6.45) is -2.88. The lowest BCUT2D eigenvalue weighted by Gasteiger charge is -2.11. The van der Waals surface area contributed by atoms with E-state index in [-0.39, 0.29) is 28.0 Å². The number of nitrogens with zero attached hydrogens (tertiary/aromatic N) is 1. The fraction of sp³-hybridized carbons (Fsp3) is 0.400. The molecule has 1 rings (SSSR count). The van der Waals surface area contributed by atoms with E-state index >= 15 is 0 Å². The van der Waals surface area contributed by atoms with Crippen molar-refractivity contribution in [3.8, 4) is 5.75 Å². The van der Waals surface area contributed by atoms with Gasteiger partial charge in [-0.15, -0.1) is 0 Å². The highest BCUT2D eigenvalue weighted by Crippen LogP contribution is 2.34. The molecule has 0 aliphatic carbocycles. The van der Waals surface area contributed by atoms with E-state index in [0.717, 1.165) is 6.07 Å². The summed E-state index contributed by atoms with van der Waals surface area (Å²) in [5.41, 5.74) is -0.117. The van der Waals surface area contributed by atoms with Gasteiger partial charge in [0.05, 0.1) is 31.9 Å². The van der Waals surface area contributed by atoms with Gasteiger partial charge in [0.2, 0.25) is 0 Å². The van der Waals surface area contributed by atoms with Crippen LogP contribution in [0.5, 0.6) is 5.75 Å². The minimum absolute atomic E-state index is 0.0337. The molecular weight excluding hydrogens is 300 g/mol. The van der Waals surface area contributed by atoms with Crippen LogP contribution in [0.4, 0.5) is 8.78 Å². The molecule has 1 aromatic heterocycles. The van der Waals surface area contributed by atoms with Crippen molar-refractivity contribution < 1.29 is 23.0 Å². The Labute approximate surface area is 105 Å². The Balaban J connectivity index is 3.15. The van der Waals surface area contributed by atoms with Crippen molar-refractivity contribution in [3.63, 3.8) is 0 Å². The molecule has 7 heteroatoms. The lowest BCUT2D eigenvalue weighted by Crippen LogP contribution is -2.08. The Bertz CT molecular complexity index is 426. The number of hydrogen-bond donors (Lipinski definition) is 0. The van der Waals surface area contributed by atoms with Crippen molar-refractivity contribution in [3.05, 3.63) is 21.9 Å². The molecule has 0 fully saturated rings. The molecule has 0 aliphatic heterocycles. The monoisotopic (exact) mass is 309 g/mol. The summed E-state index contributed by atoms with van der Waals surface area (Å²) < 4.78 is 34.9. The number of ether oxygens (including phenoxy) is 2. The third-order valence-electron chi connectivity index (χ3n) is 2.01. The molecule has 0 radical (unpaired) electrons. The standard InChI is InChI=1S/C10H10BrF2NO3/c1-16-7(15)4-5-3-6(10(12)13)8(17-2)9(11)14-5/h3,10H,4H2,1-2H3. The number of esters is 1. The van der Waals surface area contributed by atoms with Gasteiger partial charge in [-0.05, 0) is 22.0 Å². The van der Waals surface area contributed by atoms with Gasteiger partial charge in [0.1, 0.15) is 4.60 Å². The zero-order chi connectivity index (χ0) is 13.0. The van der Waals surface area contributed by atoms with Crippen LogP contribution in [0.2, 0.25) is 0 Å².